The molecule has 0 unspecified atom stereocenters. The predicted octanol–water partition coefficient (Wildman–Crippen LogP) is 5.07. The van der Waals surface area contributed by atoms with Crippen molar-refractivity contribution >= 4 is 6.21 Å². The van der Waals surface area contributed by atoms with Crippen LogP contribution in [-0.4, -0.2) is 11.2 Å². The Kier molecular flexibility index (Phi) is 5.42. The largest absolute Gasteiger partial charge is 0.262 e. The van der Waals surface area contributed by atoms with Crippen molar-refractivity contribution in [2.45, 2.75) is 27.2 Å². The quantitative estimate of drug-likeness (QED) is 0.706. The maximum absolute atomic E-state index is 4.46. The van der Waals surface area contributed by atoms with Gasteiger partial charge in [-0.3, -0.25) is 9.98 Å². The third kappa shape index (κ3) is 4.26. The Labute approximate surface area is 133 Å². The number of aromatic nitrogens is 1. The molecular weight excluding hydrogens is 268 g/mol. The highest BCUT2D eigenvalue weighted by atomic mass is 14.7. The van der Waals surface area contributed by atoms with E-state index in [9.17, 15) is 0 Å². The summed E-state index contributed by atoms with van der Waals surface area (Å²) in [5.74, 6) is 0. The van der Waals surface area contributed by atoms with Gasteiger partial charge < -0.3 is 0 Å². The average Bonchev–Trinajstić information content (AvgIpc) is 2.49. The molecule has 0 fully saturated rings. The first-order valence-corrected chi connectivity index (χ1v) is 7.44. The van der Waals surface area contributed by atoms with Crippen LogP contribution in [-0.2, 0) is 6.42 Å². The first-order chi connectivity index (χ1) is 10.6. The molecule has 2 aromatic rings. The van der Waals surface area contributed by atoms with Gasteiger partial charge in [0.25, 0.3) is 0 Å². The molecule has 0 aliphatic carbocycles. The molecular formula is C20H22N2. The van der Waals surface area contributed by atoms with Gasteiger partial charge in [-0.25, -0.2) is 0 Å². The minimum Gasteiger partial charge on any atom is -0.262 e. The molecule has 0 saturated heterocycles. The summed E-state index contributed by atoms with van der Waals surface area (Å²) in [4.78, 5) is 8.60. The van der Waals surface area contributed by atoms with Crippen molar-refractivity contribution in [1.82, 2.24) is 4.98 Å². The van der Waals surface area contributed by atoms with Crippen molar-refractivity contribution in [3.05, 3.63) is 77.6 Å². The maximum atomic E-state index is 4.46. The van der Waals surface area contributed by atoms with E-state index in [2.05, 4.69) is 54.7 Å². The van der Waals surface area contributed by atoms with E-state index in [1.165, 1.54) is 22.3 Å². The van der Waals surface area contributed by atoms with Crippen molar-refractivity contribution in [3.63, 3.8) is 0 Å². The summed E-state index contributed by atoms with van der Waals surface area (Å²) < 4.78 is 0. The minimum absolute atomic E-state index is 0.814. The second kappa shape index (κ2) is 7.51. The van der Waals surface area contributed by atoms with Gasteiger partial charge in [0.05, 0.1) is 5.69 Å². The van der Waals surface area contributed by atoms with Crippen LogP contribution in [0.15, 0.2) is 65.9 Å². The summed E-state index contributed by atoms with van der Waals surface area (Å²) in [6.07, 6.45) is 8.59. The third-order valence-corrected chi connectivity index (χ3v) is 3.48. The highest BCUT2D eigenvalue weighted by molar-refractivity contribution is 5.72. The molecule has 2 nitrogen and oxygen atoms in total. The molecule has 1 aromatic heterocycles. The van der Waals surface area contributed by atoms with E-state index in [0.717, 1.165) is 17.8 Å². The Morgan fingerprint density at radius 2 is 2.05 bits per heavy atom. The van der Waals surface area contributed by atoms with Crippen LogP contribution in [0.1, 0.15) is 23.6 Å². The lowest BCUT2D eigenvalue weighted by atomic mass is 9.96. The predicted molar refractivity (Wildman–Crippen MR) is 95.3 cm³/mol. The van der Waals surface area contributed by atoms with Crippen LogP contribution in [0.2, 0.25) is 0 Å². The smallest absolute Gasteiger partial charge is 0.0704 e. The molecule has 1 heterocycles. The molecule has 0 atom stereocenters. The fourth-order valence-electron chi connectivity index (χ4n) is 2.34. The average molecular weight is 290 g/mol. The lowest BCUT2D eigenvalue weighted by Crippen LogP contribution is -1.93. The van der Waals surface area contributed by atoms with Gasteiger partial charge in [0.15, 0.2) is 0 Å². The summed E-state index contributed by atoms with van der Waals surface area (Å²) in [6.45, 7) is 9.91. The van der Waals surface area contributed by atoms with Crippen molar-refractivity contribution < 1.29 is 0 Å². The molecule has 0 amide bonds. The lowest BCUT2D eigenvalue weighted by Gasteiger charge is -2.11. The summed E-state index contributed by atoms with van der Waals surface area (Å²) in [7, 11) is 0. The molecule has 1 aromatic carbocycles. The number of hydrogen-bond donors (Lipinski definition) is 0. The van der Waals surface area contributed by atoms with Crippen LogP contribution in [0.4, 0.5) is 0 Å². The highest BCUT2D eigenvalue weighted by Crippen LogP contribution is 2.25. The Morgan fingerprint density at radius 3 is 2.73 bits per heavy atom. The number of benzene rings is 1. The van der Waals surface area contributed by atoms with Gasteiger partial charge in [-0.15, -0.1) is 0 Å². The van der Waals surface area contributed by atoms with Crippen LogP contribution >= 0.6 is 0 Å². The fraction of sp³-hybridized carbons (Fsp3) is 0.200. The number of rotatable bonds is 5. The normalized spacial score (nSPS) is 11.4. The third-order valence-electron chi connectivity index (χ3n) is 3.48. The van der Waals surface area contributed by atoms with Gasteiger partial charge in [-0.2, -0.15) is 0 Å². The van der Waals surface area contributed by atoms with E-state index in [1.807, 2.05) is 31.3 Å². The molecule has 2 rings (SSSR count). The van der Waals surface area contributed by atoms with Gasteiger partial charge >= 0.3 is 0 Å². The fourth-order valence-corrected chi connectivity index (χ4v) is 2.34. The van der Waals surface area contributed by atoms with E-state index in [4.69, 9.17) is 0 Å². The summed E-state index contributed by atoms with van der Waals surface area (Å²) >= 11 is 0. The highest BCUT2D eigenvalue weighted by Gasteiger charge is 2.06. The van der Waals surface area contributed by atoms with E-state index >= 15 is 0 Å². The molecule has 2 heteroatoms. The van der Waals surface area contributed by atoms with Crippen LogP contribution in [0, 0.1) is 13.8 Å². The molecule has 0 aliphatic heterocycles. The van der Waals surface area contributed by atoms with Gasteiger partial charge in [0.2, 0.25) is 0 Å². The Balaban J connectivity index is 2.24. The van der Waals surface area contributed by atoms with Crippen LogP contribution < -0.4 is 0 Å². The van der Waals surface area contributed by atoms with Crippen LogP contribution in [0.3, 0.4) is 0 Å². The number of aliphatic imine (C=N–C) groups is 1. The second-order valence-corrected chi connectivity index (χ2v) is 5.45. The van der Waals surface area contributed by atoms with Gasteiger partial charge in [-0.1, -0.05) is 24.8 Å². The molecule has 112 valence electrons. The zero-order valence-corrected chi connectivity index (χ0v) is 13.5. The molecule has 22 heavy (non-hydrogen) atoms. The molecule has 0 spiro atoms. The van der Waals surface area contributed by atoms with Crippen molar-refractivity contribution in [1.29, 1.82) is 0 Å². The van der Waals surface area contributed by atoms with Crippen molar-refractivity contribution in [2.24, 2.45) is 4.99 Å². The summed E-state index contributed by atoms with van der Waals surface area (Å²) in [5, 5.41) is 0. The second-order valence-electron chi connectivity index (χ2n) is 5.45. The zero-order valence-electron chi connectivity index (χ0n) is 13.5. The monoisotopic (exact) mass is 290 g/mol. The van der Waals surface area contributed by atoms with E-state index in [-0.39, 0.29) is 0 Å². The van der Waals surface area contributed by atoms with E-state index in [0.29, 0.717) is 0 Å². The zero-order chi connectivity index (χ0) is 15.9. The maximum Gasteiger partial charge on any atom is 0.0704 e. The molecule has 0 N–H and O–H groups in total. The number of hydrogen-bond acceptors (Lipinski definition) is 2. The van der Waals surface area contributed by atoms with Gasteiger partial charge in [0.1, 0.15) is 0 Å². The molecule has 0 bridgehead atoms. The topological polar surface area (TPSA) is 25.2 Å². The standard InChI is InChI=1S/C20H22N2/c1-15(2)21-11-7-5-9-18-14-19(17(4)13-16(18)3)20-10-6-8-12-22-20/h5-8,10-14H,1,9H2,2-4H3/b7-5-,21-11?. The van der Waals surface area contributed by atoms with Crippen LogP contribution in [0.5, 0.6) is 0 Å². The lowest BCUT2D eigenvalue weighted by molar-refractivity contribution is 1.19. The number of nitrogens with zero attached hydrogens (tertiary/aromatic N) is 2. The first-order valence-electron chi connectivity index (χ1n) is 7.44. The van der Waals surface area contributed by atoms with Gasteiger partial charge in [-0.05, 0) is 68.2 Å². The molecule has 0 aliphatic rings. The Hall–Kier alpha value is -2.48. The van der Waals surface area contributed by atoms with Crippen molar-refractivity contribution in [2.75, 3.05) is 0 Å². The van der Waals surface area contributed by atoms with Gasteiger partial charge in [0, 0.05) is 23.7 Å². The van der Waals surface area contributed by atoms with E-state index < -0.39 is 0 Å². The number of pyridine rings is 1. The SMILES string of the molecule is C=C(C)N=C/C=C\Cc1cc(-c2ccccn2)c(C)cc1C. The number of aryl methyl sites for hydroxylation is 2. The number of allylic oxidation sites excluding steroid dienone is 3. The summed E-state index contributed by atoms with van der Waals surface area (Å²) in [5.41, 5.74) is 6.91. The Bertz CT molecular complexity index is 710. The first kappa shape index (κ1) is 15.9. The minimum atomic E-state index is 0.814. The van der Waals surface area contributed by atoms with E-state index in [1.54, 1.807) is 6.21 Å². The van der Waals surface area contributed by atoms with Crippen LogP contribution in [0.25, 0.3) is 11.3 Å². The summed E-state index contributed by atoms with van der Waals surface area (Å²) in [6, 6.07) is 10.5. The molecule has 0 saturated carbocycles. The molecule has 0 radical (unpaired) electrons. The Morgan fingerprint density at radius 1 is 1.23 bits per heavy atom. The van der Waals surface area contributed by atoms with Crippen molar-refractivity contribution in [3.8, 4) is 11.3 Å².